The minimum Gasteiger partial charge on any atom is -0.382 e. The van der Waals surface area contributed by atoms with Gasteiger partial charge < -0.3 is 10.1 Å². The third-order valence-corrected chi connectivity index (χ3v) is 3.48. The third-order valence-electron chi connectivity index (χ3n) is 3.48. The molecule has 0 spiro atoms. The molecule has 1 aromatic rings. The zero-order valence-electron chi connectivity index (χ0n) is 11.2. The normalized spacial score (nSPS) is 21.0. The number of rotatable bonds is 2. The Morgan fingerprint density at radius 3 is 2.47 bits per heavy atom. The van der Waals surface area contributed by atoms with Gasteiger partial charge in [-0.2, -0.15) is 0 Å². The molecule has 2 heteroatoms. The zero-order valence-corrected chi connectivity index (χ0v) is 11.2. The molecule has 1 aliphatic rings. The Bertz CT molecular complexity index is 356. The van der Waals surface area contributed by atoms with Crippen LogP contribution < -0.4 is 5.32 Å². The molecule has 1 atom stereocenters. The predicted molar refractivity (Wildman–Crippen MR) is 72.7 cm³/mol. The van der Waals surface area contributed by atoms with Crippen LogP contribution in [-0.4, -0.2) is 19.3 Å². The van der Waals surface area contributed by atoms with Crippen LogP contribution in [-0.2, 0) is 4.74 Å². The second-order valence-corrected chi connectivity index (χ2v) is 5.16. The molecule has 1 aromatic carbocycles. The standard InChI is InChI=1S/C15H23NO/c1-11-9-12(2)15(13(3)10-11)16-14-5-4-7-17-8-6-14/h9-10,14,16H,4-8H2,1-3H3. The Morgan fingerprint density at radius 2 is 1.76 bits per heavy atom. The van der Waals surface area contributed by atoms with E-state index in [9.17, 15) is 0 Å². The smallest absolute Gasteiger partial charge is 0.0485 e. The Hall–Kier alpha value is -1.02. The fourth-order valence-corrected chi connectivity index (χ4v) is 2.66. The van der Waals surface area contributed by atoms with Crippen LogP contribution in [0.2, 0.25) is 0 Å². The van der Waals surface area contributed by atoms with Gasteiger partial charge in [0.05, 0.1) is 0 Å². The highest BCUT2D eigenvalue weighted by molar-refractivity contribution is 5.58. The highest BCUT2D eigenvalue weighted by Gasteiger charge is 2.14. The van der Waals surface area contributed by atoms with Gasteiger partial charge in [0.2, 0.25) is 0 Å². The number of hydrogen-bond acceptors (Lipinski definition) is 2. The summed E-state index contributed by atoms with van der Waals surface area (Å²) in [5.74, 6) is 0. The van der Waals surface area contributed by atoms with Gasteiger partial charge in [-0.05, 0) is 51.2 Å². The molecule has 17 heavy (non-hydrogen) atoms. The average Bonchev–Trinajstić information content (AvgIpc) is 2.51. The van der Waals surface area contributed by atoms with Gasteiger partial charge in [-0.25, -0.2) is 0 Å². The summed E-state index contributed by atoms with van der Waals surface area (Å²) < 4.78 is 5.50. The zero-order chi connectivity index (χ0) is 12.3. The largest absolute Gasteiger partial charge is 0.382 e. The first-order valence-corrected chi connectivity index (χ1v) is 6.59. The van der Waals surface area contributed by atoms with Gasteiger partial charge >= 0.3 is 0 Å². The van der Waals surface area contributed by atoms with E-state index >= 15 is 0 Å². The molecule has 1 heterocycles. The summed E-state index contributed by atoms with van der Waals surface area (Å²) in [5, 5.41) is 3.70. The van der Waals surface area contributed by atoms with E-state index in [1.807, 2.05) is 0 Å². The van der Waals surface area contributed by atoms with E-state index in [4.69, 9.17) is 4.74 Å². The SMILES string of the molecule is Cc1cc(C)c(NC2CCCOCC2)c(C)c1. The fraction of sp³-hybridized carbons (Fsp3) is 0.600. The van der Waals surface area contributed by atoms with Crippen molar-refractivity contribution < 1.29 is 4.74 Å². The molecule has 0 saturated carbocycles. The van der Waals surface area contributed by atoms with Crippen LogP contribution >= 0.6 is 0 Å². The van der Waals surface area contributed by atoms with E-state index in [2.05, 4.69) is 38.2 Å². The van der Waals surface area contributed by atoms with E-state index < -0.39 is 0 Å². The molecule has 1 saturated heterocycles. The lowest BCUT2D eigenvalue weighted by Gasteiger charge is -2.21. The molecule has 0 aromatic heterocycles. The van der Waals surface area contributed by atoms with E-state index in [1.165, 1.54) is 35.2 Å². The lowest BCUT2D eigenvalue weighted by atomic mass is 10.0. The summed E-state index contributed by atoms with van der Waals surface area (Å²) in [4.78, 5) is 0. The lowest BCUT2D eigenvalue weighted by Crippen LogP contribution is -2.20. The van der Waals surface area contributed by atoms with Crippen molar-refractivity contribution in [3.63, 3.8) is 0 Å². The molecule has 0 radical (unpaired) electrons. The molecule has 2 nitrogen and oxygen atoms in total. The van der Waals surface area contributed by atoms with Crippen LogP contribution in [0.3, 0.4) is 0 Å². The fourth-order valence-electron chi connectivity index (χ4n) is 2.66. The number of ether oxygens (including phenoxy) is 1. The van der Waals surface area contributed by atoms with Gasteiger partial charge in [-0.3, -0.25) is 0 Å². The van der Waals surface area contributed by atoms with Crippen molar-refractivity contribution in [1.82, 2.24) is 0 Å². The first kappa shape index (κ1) is 12.4. The van der Waals surface area contributed by atoms with Crippen LogP contribution in [0.1, 0.15) is 36.0 Å². The monoisotopic (exact) mass is 233 g/mol. The average molecular weight is 233 g/mol. The number of benzene rings is 1. The molecule has 0 aliphatic carbocycles. The maximum Gasteiger partial charge on any atom is 0.0485 e. The first-order valence-electron chi connectivity index (χ1n) is 6.59. The number of hydrogen-bond donors (Lipinski definition) is 1. The predicted octanol–water partition coefficient (Wildman–Crippen LogP) is 3.59. The van der Waals surface area contributed by atoms with Gasteiger partial charge in [-0.15, -0.1) is 0 Å². The van der Waals surface area contributed by atoms with Crippen LogP contribution in [0.25, 0.3) is 0 Å². The Kier molecular flexibility index (Phi) is 4.06. The highest BCUT2D eigenvalue weighted by atomic mass is 16.5. The van der Waals surface area contributed by atoms with Crippen molar-refractivity contribution in [2.24, 2.45) is 0 Å². The van der Waals surface area contributed by atoms with Gasteiger partial charge in [0.15, 0.2) is 0 Å². The van der Waals surface area contributed by atoms with Crippen LogP contribution in [0.15, 0.2) is 12.1 Å². The molecule has 0 amide bonds. The Morgan fingerprint density at radius 1 is 1.06 bits per heavy atom. The van der Waals surface area contributed by atoms with Crippen molar-refractivity contribution in [3.8, 4) is 0 Å². The van der Waals surface area contributed by atoms with Gasteiger partial charge in [0.1, 0.15) is 0 Å². The summed E-state index contributed by atoms with van der Waals surface area (Å²) in [6.45, 7) is 8.35. The minimum absolute atomic E-state index is 0.567. The van der Waals surface area contributed by atoms with Crippen molar-refractivity contribution in [2.75, 3.05) is 18.5 Å². The molecular weight excluding hydrogens is 210 g/mol. The van der Waals surface area contributed by atoms with E-state index in [0.29, 0.717) is 6.04 Å². The lowest BCUT2D eigenvalue weighted by molar-refractivity contribution is 0.144. The third kappa shape index (κ3) is 3.22. The summed E-state index contributed by atoms with van der Waals surface area (Å²) in [6, 6.07) is 5.07. The molecular formula is C15H23NO. The van der Waals surface area contributed by atoms with Gasteiger partial charge in [-0.1, -0.05) is 17.7 Å². The molecule has 2 rings (SSSR count). The highest BCUT2D eigenvalue weighted by Crippen LogP contribution is 2.24. The number of anilines is 1. The first-order chi connectivity index (χ1) is 8.16. The maximum absolute atomic E-state index is 5.50. The summed E-state index contributed by atoms with van der Waals surface area (Å²) >= 11 is 0. The van der Waals surface area contributed by atoms with Crippen molar-refractivity contribution in [2.45, 2.75) is 46.1 Å². The molecule has 1 N–H and O–H groups in total. The second kappa shape index (κ2) is 5.54. The summed E-state index contributed by atoms with van der Waals surface area (Å²) in [7, 11) is 0. The number of nitrogens with one attached hydrogen (secondary N) is 1. The van der Waals surface area contributed by atoms with Crippen LogP contribution in [0, 0.1) is 20.8 Å². The Labute approximate surface area is 104 Å². The van der Waals surface area contributed by atoms with Gasteiger partial charge in [0, 0.05) is 24.9 Å². The van der Waals surface area contributed by atoms with Crippen LogP contribution in [0.4, 0.5) is 5.69 Å². The number of aryl methyl sites for hydroxylation is 3. The second-order valence-electron chi connectivity index (χ2n) is 5.16. The molecule has 1 aliphatic heterocycles. The van der Waals surface area contributed by atoms with E-state index in [-0.39, 0.29) is 0 Å². The quantitative estimate of drug-likeness (QED) is 0.843. The molecule has 0 bridgehead atoms. The van der Waals surface area contributed by atoms with Crippen molar-refractivity contribution in [1.29, 1.82) is 0 Å². The van der Waals surface area contributed by atoms with E-state index in [1.54, 1.807) is 0 Å². The van der Waals surface area contributed by atoms with E-state index in [0.717, 1.165) is 19.6 Å². The van der Waals surface area contributed by atoms with Crippen molar-refractivity contribution in [3.05, 3.63) is 28.8 Å². The minimum atomic E-state index is 0.567. The van der Waals surface area contributed by atoms with Gasteiger partial charge in [0.25, 0.3) is 0 Å². The molecule has 1 fully saturated rings. The molecule has 94 valence electrons. The topological polar surface area (TPSA) is 21.3 Å². The maximum atomic E-state index is 5.50. The Balaban J connectivity index is 2.11. The van der Waals surface area contributed by atoms with Crippen LogP contribution in [0.5, 0.6) is 0 Å². The molecule has 1 unspecified atom stereocenters. The summed E-state index contributed by atoms with van der Waals surface area (Å²) in [5.41, 5.74) is 5.37. The van der Waals surface area contributed by atoms with Crippen molar-refractivity contribution >= 4 is 5.69 Å². The summed E-state index contributed by atoms with van der Waals surface area (Å²) in [6.07, 6.45) is 3.50.